The third-order valence-corrected chi connectivity index (χ3v) is 4.60. The Morgan fingerprint density at radius 3 is 2.62 bits per heavy atom. The molecular formula is C15H15BrF2N2S. The van der Waals surface area contributed by atoms with E-state index in [1.165, 1.54) is 6.07 Å². The summed E-state index contributed by atoms with van der Waals surface area (Å²) in [5.74, 6) is 4.61. The highest BCUT2D eigenvalue weighted by molar-refractivity contribution is 9.10. The van der Waals surface area contributed by atoms with Crippen LogP contribution < -0.4 is 11.3 Å². The average molecular weight is 373 g/mol. The molecular weight excluding hydrogens is 358 g/mol. The molecule has 0 saturated heterocycles. The Hall–Kier alpha value is -0.950. The highest BCUT2D eigenvalue weighted by atomic mass is 79.9. The van der Waals surface area contributed by atoms with E-state index in [1.54, 1.807) is 17.8 Å². The number of rotatable bonds is 6. The fourth-order valence-electron chi connectivity index (χ4n) is 1.87. The lowest BCUT2D eigenvalue weighted by molar-refractivity contribution is 0.504. The summed E-state index contributed by atoms with van der Waals surface area (Å²) < 4.78 is 27.1. The van der Waals surface area contributed by atoms with Gasteiger partial charge in [0.1, 0.15) is 0 Å². The van der Waals surface area contributed by atoms with Crippen LogP contribution in [-0.2, 0) is 6.42 Å². The molecule has 21 heavy (non-hydrogen) atoms. The molecule has 0 fully saturated rings. The number of hydrazine groups is 1. The first-order chi connectivity index (χ1) is 10.1. The summed E-state index contributed by atoms with van der Waals surface area (Å²) in [5, 5.41) is 0. The maximum absolute atomic E-state index is 13.2. The zero-order valence-corrected chi connectivity index (χ0v) is 13.6. The molecule has 3 N–H and O–H groups in total. The number of halogens is 3. The van der Waals surface area contributed by atoms with Crippen molar-refractivity contribution in [2.75, 3.05) is 5.75 Å². The molecule has 2 nitrogen and oxygen atoms in total. The fraction of sp³-hybridized carbons (Fsp3) is 0.200. The Kier molecular flexibility index (Phi) is 6.17. The van der Waals surface area contributed by atoms with Crippen LogP contribution in [0.5, 0.6) is 0 Å². The first-order valence-electron chi connectivity index (χ1n) is 6.37. The molecule has 1 atom stereocenters. The number of nitrogens with two attached hydrogens (primary N) is 1. The molecule has 6 heteroatoms. The second-order valence-electron chi connectivity index (χ2n) is 4.58. The van der Waals surface area contributed by atoms with E-state index in [0.29, 0.717) is 12.0 Å². The zero-order chi connectivity index (χ0) is 15.2. The van der Waals surface area contributed by atoms with Gasteiger partial charge in [0.15, 0.2) is 11.6 Å². The van der Waals surface area contributed by atoms with E-state index in [0.717, 1.165) is 21.2 Å². The monoisotopic (exact) mass is 372 g/mol. The lowest BCUT2D eigenvalue weighted by Crippen LogP contribution is -2.38. The maximum atomic E-state index is 13.2. The van der Waals surface area contributed by atoms with Gasteiger partial charge in [-0.05, 0) is 42.3 Å². The van der Waals surface area contributed by atoms with E-state index in [1.807, 2.05) is 24.3 Å². The Bertz CT molecular complexity index is 610. The zero-order valence-electron chi connectivity index (χ0n) is 11.2. The molecule has 0 spiro atoms. The summed E-state index contributed by atoms with van der Waals surface area (Å²) in [6, 6.07) is 11.9. The maximum Gasteiger partial charge on any atom is 0.159 e. The van der Waals surface area contributed by atoms with Crippen LogP contribution in [0.15, 0.2) is 51.8 Å². The van der Waals surface area contributed by atoms with Gasteiger partial charge in [-0.2, -0.15) is 0 Å². The molecule has 2 aromatic carbocycles. The quantitative estimate of drug-likeness (QED) is 0.458. The number of hydrogen-bond acceptors (Lipinski definition) is 3. The Morgan fingerprint density at radius 2 is 1.95 bits per heavy atom. The van der Waals surface area contributed by atoms with Crippen LogP contribution >= 0.6 is 27.7 Å². The number of benzene rings is 2. The van der Waals surface area contributed by atoms with E-state index in [9.17, 15) is 8.78 Å². The van der Waals surface area contributed by atoms with E-state index >= 15 is 0 Å². The highest BCUT2D eigenvalue weighted by Gasteiger charge is 2.11. The van der Waals surface area contributed by atoms with Gasteiger partial charge in [0.05, 0.1) is 0 Å². The SMILES string of the molecule is NNC(CSc1cccc(Br)c1)Cc1ccc(F)c(F)c1. The van der Waals surface area contributed by atoms with Crippen LogP contribution in [0.4, 0.5) is 8.78 Å². The first kappa shape index (κ1) is 16.4. The molecule has 2 aromatic rings. The lowest BCUT2D eigenvalue weighted by Gasteiger charge is -2.15. The molecule has 0 saturated carbocycles. The van der Waals surface area contributed by atoms with Crippen LogP contribution in [0, 0.1) is 11.6 Å². The second-order valence-corrected chi connectivity index (χ2v) is 6.59. The highest BCUT2D eigenvalue weighted by Crippen LogP contribution is 2.23. The van der Waals surface area contributed by atoms with Crippen molar-refractivity contribution in [3.8, 4) is 0 Å². The van der Waals surface area contributed by atoms with Gasteiger partial charge in [0.25, 0.3) is 0 Å². The molecule has 1 unspecified atom stereocenters. The molecule has 2 rings (SSSR count). The number of hydrogen-bond donors (Lipinski definition) is 2. The minimum Gasteiger partial charge on any atom is -0.271 e. The van der Waals surface area contributed by atoms with Crippen molar-refractivity contribution < 1.29 is 8.78 Å². The lowest BCUT2D eigenvalue weighted by atomic mass is 10.1. The van der Waals surface area contributed by atoms with Gasteiger partial charge in [0.2, 0.25) is 0 Å². The predicted molar refractivity (Wildman–Crippen MR) is 86.0 cm³/mol. The Morgan fingerprint density at radius 1 is 1.14 bits per heavy atom. The van der Waals surface area contributed by atoms with Crippen LogP contribution in [0.1, 0.15) is 5.56 Å². The summed E-state index contributed by atoms with van der Waals surface area (Å²) in [6.45, 7) is 0. The summed E-state index contributed by atoms with van der Waals surface area (Å²) in [6.07, 6.45) is 0.536. The standard InChI is InChI=1S/C15H15BrF2N2S/c16-11-2-1-3-13(8-11)21-9-12(20-19)6-10-4-5-14(17)15(18)7-10/h1-5,7-8,12,20H,6,9,19H2. The van der Waals surface area contributed by atoms with Crippen LogP contribution in [0.25, 0.3) is 0 Å². The van der Waals surface area contributed by atoms with E-state index < -0.39 is 11.6 Å². The van der Waals surface area contributed by atoms with Crippen LogP contribution in [0.2, 0.25) is 0 Å². The molecule has 0 aliphatic carbocycles. The molecule has 0 radical (unpaired) electrons. The molecule has 112 valence electrons. The van der Waals surface area contributed by atoms with Crippen molar-refractivity contribution in [3.05, 3.63) is 64.1 Å². The van der Waals surface area contributed by atoms with Gasteiger partial charge in [-0.25, -0.2) is 8.78 Å². The van der Waals surface area contributed by atoms with Crippen molar-refractivity contribution in [1.29, 1.82) is 0 Å². The minimum absolute atomic E-state index is 0.0288. The largest absolute Gasteiger partial charge is 0.271 e. The van der Waals surface area contributed by atoms with Gasteiger partial charge in [-0.15, -0.1) is 11.8 Å². The van der Waals surface area contributed by atoms with Crippen molar-refractivity contribution in [2.24, 2.45) is 5.84 Å². The normalized spacial score (nSPS) is 12.4. The molecule has 0 aliphatic heterocycles. The van der Waals surface area contributed by atoms with Gasteiger partial charge in [0, 0.05) is 21.2 Å². The second kappa shape index (κ2) is 7.89. The summed E-state index contributed by atoms with van der Waals surface area (Å²) >= 11 is 5.08. The van der Waals surface area contributed by atoms with Gasteiger partial charge in [-0.3, -0.25) is 11.3 Å². The fourth-order valence-corrected chi connectivity index (χ4v) is 3.41. The summed E-state index contributed by atoms with van der Waals surface area (Å²) in [7, 11) is 0. The smallest absolute Gasteiger partial charge is 0.159 e. The molecule has 0 bridgehead atoms. The van der Waals surface area contributed by atoms with Crippen molar-refractivity contribution in [2.45, 2.75) is 17.4 Å². The Balaban J connectivity index is 1.95. The van der Waals surface area contributed by atoms with Crippen molar-refractivity contribution in [1.82, 2.24) is 5.43 Å². The van der Waals surface area contributed by atoms with Gasteiger partial charge >= 0.3 is 0 Å². The minimum atomic E-state index is -0.834. The van der Waals surface area contributed by atoms with Crippen molar-refractivity contribution in [3.63, 3.8) is 0 Å². The third-order valence-electron chi connectivity index (χ3n) is 2.95. The van der Waals surface area contributed by atoms with E-state index in [-0.39, 0.29) is 6.04 Å². The topological polar surface area (TPSA) is 38.0 Å². The Labute approximate surface area is 135 Å². The first-order valence-corrected chi connectivity index (χ1v) is 8.15. The molecule has 0 heterocycles. The number of nitrogens with one attached hydrogen (secondary N) is 1. The number of thioether (sulfide) groups is 1. The van der Waals surface area contributed by atoms with Crippen LogP contribution in [0.3, 0.4) is 0 Å². The van der Waals surface area contributed by atoms with E-state index in [2.05, 4.69) is 21.4 Å². The van der Waals surface area contributed by atoms with Gasteiger partial charge in [-0.1, -0.05) is 28.1 Å². The van der Waals surface area contributed by atoms with Gasteiger partial charge < -0.3 is 0 Å². The molecule has 0 aliphatic rings. The molecule has 0 amide bonds. The summed E-state index contributed by atoms with van der Waals surface area (Å²) in [4.78, 5) is 1.12. The van der Waals surface area contributed by atoms with Crippen molar-refractivity contribution >= 4 is 27.7 Å². The van der Waals surface area contributed by atoms with Crippen LogP contribution in [-0.4, -0.2) is 11.8 Å². The summed E-state index contributed by atoms with van der Waals surface area (Å²) in [5.41, 5.74) is 3.44. The average Bonchev–Trinajstić information content (AvgIpc) is 2.47. The van der Waals surface area contributed by atoms with E-state index in [4.69, 9.17) is 5.84 Å². The predicted octanol–water partition coefficient (Wildman–Crippen LogP) is 3.89. The molecule has 0 aromatic heterocycles. The third kappa shape index (κ3) is 5.07.